The number of anilines is 1. The molecule has 0 bridgehead atoms. The number of carbonyl (C=O) groups excluding carboxylic acids is 1. The minimum Gasteiger partial charge on any atom is -0.326 e. The lowest BCUT2D eigenvalue weighted by molar-refractivity contribution is -0.116. The van der Waals surface area contributed by atoms with Crippen molar-refractivity contribution in [3.05, 3.63) is 76.9 Å². The molecule has 138 valence electrons. The molecule has 2 heterocycles. The van der Waals surface area contributed by atoms with E-state index in [2.05, 4.69) is 71.8 Å². The number of fused-ring (bicyclic) bond motifs is 1. The summed E-state index contributed by atoms with van der Waals surface area (Å²) in [6.07, 6.45) is 9.33. The first kappa shape index (κ1) is 17.7. The van der Waals surface area contributed by atoms with Gasteiger partial charge in [0.05, 0.1) is 0 Å². The smallest absolute Gasteiger partial charge is 0.224 e. The van der Waals surface area contributed by atoms with E-state index >= 15 is 0 Å². The summed E-state index contributed by atoms with van der Waals surface area (Å²) in [6, 6.07) is 15.1. The van der Waals surface area contributed by atoms with Gasteiger partial charge >= 0.3 is 0 Å². The summed E-state index contributed by atoms with van der Waals surface area (Å²) in [7, 11) is 0. The molecule has 0 radical (unpaired) electrons. The second-order valence-electron chi connectivity index (χ2n) is 7.47. The van der Waals surface area contributed by atoms with Crippen LogP contribution in [-0.4, -0.2) is 30.4 Å². The number of amides is 1. The Morgan fingerprint density at radius 1 is 1.07 bits per heavy atom. The zero-order valence-electron chi connectivity index (χ0n) is 15.9. The van der Waals surface area contributed by atoms with Crippen LogP contribution < -0.4 is 5.32 Å². The lowest BCUT2D eigenvalue weighted by atomic mass is 9.98. The van der Waals surface area contributed by atoms with Crippen molar-refractivity contribution in [2.75, 3.05) is 25.0 Å². The van der Waals surface area contributed by atoms with Crippen molar-refractivity contribution in [3.8, 4) is 0 Å². The van der Waals surface area contributed by atoms with E-state index in [0.29, 0.717) is 6.42 Å². The van der Waals surface area contributed by atoms with E-state index in [1.165, 1.54) is 27.8 Å². The topological polar surface area (TPSA) is 32.3 Å². The summed E-state index contributed by atoms with van der Waals surface area (Å²) in [5.41, 5.74) is 7.54. The molecule has 0 atom stereocenters. The molecular formula is C24H26N2O. The van der Waals surface area contributed by atoms with Gasteiger partial charge in [0, 0.05) is 31.7 Å². The minimum atomic E-state index is 0.119. The first-order valence-electron chi connectivity index (χ1n) is 9.75. The van der Waals surface area contributed by atoms with Gasteiger partial charge in [-0.25, -0.2) is 0 Å². The Balaban J connectivity index is 1.33. The third-order valence-corrected chi connectivity index (χ3v) is 5.41. The molecule has 1 amide bonds. The van der Waals surface area contributed by atoms with E-state index < -0.39 is 0 Å². The molecule has 3 heteroatoms. The normalized spacial score (nSPS) is 17.5. The maximum absolute atomic E-state index is 11.5. The summed E-state index contributed by atoms with van der Waals surface area (Å²) < 4.78 is 0. The summed E-state index contributed by atoms with van der Waals surface area (Å²) in [5, 5.41) is 2.94. The van der Waals surface area contributed by atoms with Gasteiger partial charge in [0.2, 0.25) is 5.91 Å². The summed E-state index contributed by atoms with van der Waals surface area (Å²) in [5.74, 6) is 0.119. The summed E-state index contributed by atoms with van der Waals surface area (Å²) in [4.78, 5) is 13.9. The number of benzene rings is 2. The fourth-order valence-electron chi connectivity index (χ4n) is 3.75. The van der Waals surface area contributed by atoms with E-state index in [1.807, 2.05) is 6.07 Å². The summed E-state index contributed by atoms with van der Waals surface area (Å²) in [6.45, 7) is 5.20. The van der Waals surface area contributed by atoms with E-state index in [9.17, 15) is 4.79 Å². The Bertz CT molecular complexity index is 893. The molecule has 27 heavy (non-hydrogen) atoms. The Labute approximate surface area is 161 Å². The molecular weight excluding hydrogens is 332 g/mol. The average Bonchev–Trinajstić information content (AvgIpc) is 2.69. The Morgan fingerprint density at radius 3 is 2.70 bits per heavy atom. The number of nitrogens with one attached hydrogen (secondary N) is 1. The van der Waals surface area contributed by atoms with Crippen LogP contribution in [0.1, 0.15) is 35.1 Å². The van der Waals surface area contributed by atoms with Crippen molar-refractivity contribution in [1.29, 1.82) is 0 Å². The maximum atomic E-state index is 11.5. The van der Waals surface area contributed by atoms with E-state index in [0.717, 1.165) is 38.2 Å². The number of nitrogens with zero attached hydrogens (tertiary/aromatic N) is 1. The molecule has 0 saturated carbocycles. The second-order valence-corrected chi connectivity index (χ2v) is 7.47. The number of hydrogen-bond donors (Lipinski definition) is 1. The number of aryl methyl sites for hydroxylation is 2. The second kappa shape index (κ2) is 7.93. The van der Waals surface area contributed by atoms with Crippen LogP contribution in [-0.2, 0) is 11.2 Å². The number of hydrogen-bond acceptors (Lipinski definition) is 2. The zero-order valence-corrected chi connectivity index (χ0v) is 15.9. The number of rotatable bonds is 4. The van der Waals surface area contributed by atoms with Crippen LogP contribution in [0.25, 0.3) is 11.6 Å². The Hall–Kier alpha value is -2.65. The van der Waals surface area contributed by atoms with Gasteiger partial charge in [-0.3, -0.25) is 9.69 Å². The van der Waals surface area contributed by atoms with E-state index in [-0.39, 0.29) is 5.91 Å². The fraction of sp³-hybridized carbons (Fsp3) is 0.292. The molecule has 1 N–H and O–H groups in total. The molecule has 3 nitrogen and oxygen atoms in total. The summed E-state index contributed by atoms with van der Waals surface area (Å²) >= 11 is 0. The molecule has 2 aromatic carbocycles. The highest BCUT2D eigenvalue weighted by molar-refractivity contribution is 5.94. The lowest BCUT2D eigenvalue weighted by Crippen LogP contribution is -2.28. The quantitative estimate of drug-likeness (QED) is 0.860. The molecule has 2 aliphatic rings. The van der Waals surface area contributed by atoms with Gasteiger partial charge in [-0.05, 0) is 54.2 Å². The van der Waals surface area contributed by atoms with Gasteiger partial charge in [-0.1, -0.05) is 54.1 Å². The fourth-order valence-corrected chi connectivity index (χ4v) is 3.75. The first-order valence-corrected chi connectivity index (χ1v) is 9.75. The molecule has 2 aliphatic heterocycles. The third-order valence-electron chi connectivity index (χ3n) is 5.41. The molecule has 0 unspecified atom stereocenters. The van der Waals surface area contributed by atoms with Crippen molar-refractivity contribution in [2.45, 2.75) is 26.2 Å². The molecule has 4 rings (SSSR count). The van der Waals surface area contributed by atoms with Gasteiger partial charge < -0.3 is 5.32 Å². The SMILES string of the molecule is Cc1ccc(C2=CCN(C/C=C/c3ccc4c(c3)CCC(=O)N4)CC2)cc1. The standard InChI is InChI=1S/C24H26N2O/c1-18-4-7-20(8-5-18)21-12-15-26(16-13-21)14-2-3-19-6-10-23-22(17-19)9-11-24(27)25-23/h2-8,10,12,17H,9,11,13-16H2,1H3,(H,25,27)/b3-2+. The van der Waals surface area contributed by atoms with Crippen molar-refractivity contribution < 1.29 is 4.79 Å². The van der Waals surface area contributed by atoms with Crippen LogP contribution in [0.4, 0.5) is 5.69 Å². The van der Waals surface area contributed by atoms with Crippen LogP contribution in [0, 0.1) is 6.92 Å². The maximum Gasteiger partial charge on any atom is 0.224 e. The van der Waals surface area contributed by atoms with E-state index in [1.54, 1.807) is 0 Å². The highest BCUT2D eigenvalue weighted by Crippen LogP contribution is 2.25. The van der Waals surface area contributed by atoms with Crippen LogP contribution in [0.2, 0.25) is 0 Å². The molecule has 0 fully saturated rings. The highest BCUT2D eigenvalue weighted by Gasteiger charge is 2.14. The Kier molecular flexibility index (Phi) is 5.21. The van der Waals surface area contributed by atoms with Crippen LogP contribution >= 0.6 is 0 Å². The molecule has 0 saturated heterocycles. The van der Waals surface area contributed by atoms with Gasteiger partial charge in [0.25, 0.3) is 0 Å². The van der Waals surface area contributed by atoms with Gasteiger partial charge in [0.15, 0.2) is 0 Å². The first-order chi connectivity index (χ1) is 13.2. The zero-order chi connectivity index (χ0) is 18.6. The molecule has 0 spiro atoms. The average molecular weight is 358 g/mol. The monoisotopic (exact) mass is 358 g/mol. The highest BCUT2D eigenvalue weighted by atomic mass is 16.1. The molecule has 0 aliphatic carbocycles. The number of carbonyl (C=O) groups is 1. The third kappa shape index (κ3) is 4.37. The van der Waals surface area contributed by atoms with Crippen molar-refractivity contribution in [2.24, 2.45) is 0 Å². The molecule has 0 aromatic heterocycles. The lowest BCUT2D eigenvalue weighted by Gasteiger charge is -2.25. The van der Waals surface area contributed by atoms with Gasteiger partial charge in [-0.15, -0.1) is 0 Å². The van der Waals surface area contributed by atoms with Gasteiger partial charge in [0.1, 0.15) is 0 Å². The predicted octanol–water partition coefficient (Wildman–Crippen LogP) is 4.68. The van der Waals surface area contributed by atoms with Crippen molar-refractivity contribution in [1.82, 2.24) is 4.90 Å². The molecule has 2 aromatic rings. The van der Waals surface area contributed by atoms with Crippen molar-refractivity contribution in [3.63, 3.8) is 0 Å². The largest absolute Gasteiger partial charge is 0.326 e. The van der Waals surface area contributed by atoms with Crippen LogP contribution in [0.15, 0.2) is 54.6 Å². The predicted molar refractivity (Wildman–Crippen MR) is 113 cm³/mol. The van der Waals surface area contributed by atoms with Crippen LogP contribution in [0.3, 0.4) is 0 Å². The Morgan fingerprint density at radius 2 is 1.93 bits per heavy atom. The van der Waals surface area contributed by atoms with Gasteiger partial charge in [-0.2, -0.15) is 0 Å². The van der Waals surface area contributed by atoms with E-state index in [4.69, 9.17) is 0 Å². The van der Waals surface area contributed by atoms with Crippen molar-refractivity contribution >= 4 is 23.2 Å². The minimum absolute atomic E-state index is 0.119. The van der Waals surface area contributed by atoms with Crippen LogP contribution in [0.5, 0.6) is 0 Å².